The SMILES string of the molecule is NC(=O)CCC1(O)CCCN(Cc2ccccc2)C1. The molecule has 0 spiro atoms. The quantitative estimate of drug-likeness (QED) is 0.840. The molecule has 1 aliphatic rings. The van der Waals surface area contributed by atoms with E-state index in [2.05, 4.69) is 17.0 Å². The minimum absolute atomic E-state index is 0.260. The van der Waals surface area contributed by atoms with Crippen LogP contribution in [0.5, 0.6) is 0 Å². The number of carbonyl (C=O) groups excluding carboxylic acids is 1. The van der Waals surface area contributed by atoms with Crippen molar-refractivity contribution in [3.63, 3.8) is 0 Å². The van der Waals surface area contributed by atoms with Gasteiger partial charge in [0.1, 0.15) is 0 Å². The molecular formula is C15H22N2O2. The zero-order chi connectivity index (χ0) is 13.7. The molecule has 1 unspecified atom stereocenters. The van der Waals surface area contributed by atoms with E-state index in [1.165, 1.54) is 5.56 Å². The highest BCUT2D eigenvalue weighted by molar-refractivity contribution is 5.73. The van der Waals surface area contributed by atoms with Crippen LogP contribution in [0.2, 0.25) is 0 Å². The number of likely N-dealkylation sites (tertiary alicyclic amines) is 1. The minimum Gasteiger partial charge on any atom is -0.389 e. The molecule has 1 heterocycles. The van der Waals surface area contributed by atoms with Gasteiger partial charge in [0.05, 0.1) is 5.60 Å². The van der Waals surface area contributed by atoms with Gasteiger partial charge in [-0.3, -0.25) is 9.69 Å². The summed E-state index contributed by atoms with van der Waals surface area (Å²) in [5.74, 6) is -0.339. The van der Waals surface area contributed by atoms with Crippen LogP contribution in [0.15, 0.2) is 30.3 Å². The van der Waals surface area contributed by atoms with Gasteiger partial charge in [0.25, 0.3) is 0 Å². The first-order chi connectivity index (χ1) is 9.07. The molecule has 3 N–H and O–H groups in total. The van der Waals surface area contributed by atoms with Crippen molar-refractivity contribution >= 4 is 5.91 Å². The summed E-state index contributed by atoms with van der Waals surface area (Å²) in [6.45, 7) is 2.46. The number of aliphatic hydroxyl groups is 1. The first-order valence-corrected chi connectivity index (χ1v) is 6.84. The van der Waals surface area contributed by atoms with Crippen molar-refractivity contribution in [2.24, 2.45) is 5.73 Å². The number of benzene rings is 1. The molecule has 1 aromatic carbocycles. The van der Waals surface area contributed by atoms with E-state index in [9.17, 15) is 9.90 Å². The van der Waals surface area contributed by atoms with E-state index >= 15 is 0 Å². The number of nitrogens with two attached hydrogens (primary N) is 1. The fourth-order valence-electron chi connectivity index (χ4n) is 2.74. The third kappa shape index (κ3) is 4.33. The maximum absolute atomic E-state index is 10.9. The average Bonchev–Trinajstić information content (AvgIpc) is 2.38. The van der Waals surface area contributed by atoms with Crippen LogP contribution < -0.4 is 5.73 Å². The average molecular weight is 262 g/mol. The van der Waals surface area contributed by atoms with Gasteiger partial charge in [0, 0.05) is 19.5 Å². The molecule has 0 radical (unpaired) electrons. The highest BCUT2D eigenvalue weighted by atomic mass is 16.3. The van der Waals surface area contributed by atoms with Crippen molar-refractivity contribution in [3.05, 3.63) is 35.9 Å². The van der Waals surface area contributed by atoms with Gasteiger partial charge in [0.15, 0.2) is 0 Å². The fraction of sp³-hybridized carbons (Fsp3) is 0.533. The summed E-state index contributed by atoms with van der Waals surface area (Å²) in [7, 11) is 0. The standard InChI is InChI=1S/C15H22N2O2/c16-14(18)7-9-15(19)8-4-10-17(12-15)11-13-5-2-1-3-6-13/h1-3,5-6,19H,4,7-12H2,(H2,16,18). The molecule has 0 aromatic heterocycles. The Morgan fingerprint density at radius 2 is 2.11 bits per heavy atom. The van der Waals surface area contributed by atoms with E-state index < -0.39 is 5.60 Å². The van der Waals surface area contributed by atoms with Crippen molar-refractivity contribution in [2.45, 2.75) is 37.8 Å². The lowest BCUT2D eigenvalue weighted by atomic mass is 9.88. The van der Waals surface area contributed by atoms with E-state index in [4.69, 9.17) is 5.73 Å². The van der Waals surface area contributed by atoms with Crippen LogP contribution in [0.1, 0.15) is 31.2 Å². The van der Waals surface area contributed by atoms with Gasteiger partial charge in [-0.2, -0.15) is 0 Å². The monoisotopic (exact) mass is 262 g/mol. The minimum atomic E-state index is -0.762. The number of piperidine rings is 1. The van der Waals surface area contributed by atoms with Gasteiger partial charge in [-0.25, -0.2) is 0 Å². The van der Waals surface area contributed by atoms with Gasteiger partial charge < -0.3 is 10.8 Å². The Balaban J connectivity index is 1.91. The van der Waals surface area contributed by atoms with Crippen molar-refractivity contribution < 1.29 is 9.90 Å². The van der Waals surface area contributed by atoms with E-state index in [0.29, 0.717) is 13.0 Å². The van der Waals surface area contributed by atoms with Crippen LogP contribution >= 0.6 is 0 Å². The molecular weight excluding hydrogens is 240 g/mol. The molecule has 2 rings (SSSR count). The number of amides is 1. The van der Waals surface area contributed by atoms with Crippen molar-refractivity contribution in [3.8, 4) is 0 Å². The lowest BCUT2D eigenvalue weighted by Gasteiger charge is -2.39. The lowest BCUT2D eigenvalue weighted by molar-refractivity contribution is -0.120. The zero-order valence-corrected chi connectivity index (χ0v) is 11.2. The van der Waals surface area contributed by atoms with E-state index in [-0.39, 0.29) is 12.3 Å². The Hall–Kier alpha value is -1.39. The number of primary amides is 1. The van der Waals surface area contributed by atoms with E-state index in [1.54, 1.807) is 0 Å². The summed E-state index contributed by atoms with van der Waals surface area (Å²) < 4.78 is 0. The summed E-state index contributed by atoms with van der Waals surface area (Å²) >= 11 is 0. The maximum Gasteiger partial charge on any atom is 0.217 e. The summed E-state index contributed by atoms with van der Waals surface area (Å²) in [4.78, 5) is 13.1. The Morgan fingerprint density at radius 3 is 2.79 bits per heavy atom. The molecule has 1 amide bonds. The number of hydrogen-bond donors (Lipinski definition) is 2. The molecule has 1 saturated heterocycles. The van der Waals surface area contributed by atoms with Crippen LogP contribution in [0.3, 0.4) is 0 Å². The Morgan fingerprint density at radius 1 is 1.37 bits per heavy atom. The second kappa shape index (κ2) is 6.17. The summed E-state index contributed by atoms with van der Waals surface area (Å²) in [5.41, 5.74) is 5.65. The predicted octanol–water partition coefficient (Wildman–Crippen LogP) is 1.28. The second-order valence-corrected chi connectivity index (χ2v) is 5.49. The molecule has 1 aliphatic heterocycles. The molecule has 1 fully saturated rings. The summed E-state index contributed by atoms with van der Waals surface area (Å²) in [6.07, 6.45) is 2.44. The van der Waals surface area contributed by atoms with Crippen molar-refractivity contribution in [2.75, 3.05) is 13.1 Å². The smallest absolute Gasteiger partial charge is 0.217 e. The van der Waals surface area contributed by atoms with Crippen LogP contribution in [0.25, 0.3) is 0 Å². The normalized spacial score (nSPS) is 24.3. The fourth-order valence-corrected chi connectivity index (χ4v) is 2.74. The van der Waals surface area contributed by atoms with Crippen LogP contribution in [-0.2, 0) is 11.3 Å². The second-order valence-electron chi connectivity index (χ2n) is 5.49. The number of rotatable bonds is 5. The third-order valence-electron chi connectivity index (χ3n) is 3.72. The molecule has 0 bridgehead atoms. The van der Waals surface area contributed by atoms with Crippen molar-refractivity contribution in [1.82, 2.24) is 4.90 Å². The van der Waals surface area contributed by atoms with Gasteiger partial charge in [-0.1, -0.05) is 30.3 Å². The van der Waals surface area contributed by atoms with Gasteiger partial charge in [-0.05, 0) is 31.4 Å². The number of nitrogens with zero attached hydrogens (tertiary/aromatic N) is 1. The molecule has 104 valence electrons. The molecule has 4 heteroatoms. The zero-order valence-electron chi connectivity index (χ0n) is 11.2. The topological polar surface area (TPSA) is 66.6 Å². The summed E-state index contributed by atoms with van der Waals surface area (Å²) in [6, 6.07) is 10.2. The Labute approximate surface area is 114 Å². The van der Waals surface area contributed by atoms with Gasteiger partial charge >= 0.3 is 0 Å². The first-order valence-electron chi connectivity index (χ1n) is 6.84. The van der Waals surface area contributed by atoms with E-state index in [1.807, 2.05) is 18.2 Å². The van der Waals surface area contributed by atoms with Gasteiger partial charge in [-0.15, -0.1) is 0 Å². The first kappa shape index (κ1) is 14.0. The van der Waals surface area contributed by atoms with Crippen LogP contribution in [0, 0.1) is 0 Å². The molecule has 1 aromatic rings. The Kier molecular flexibility index (Phi) is 4.56. The Bertz CT molecular complexity index is 421. The molecule has 1 atom stereocenters. The molecule has 0 aliphatic carbocycles. The highest BCUT2D eigenvalue weighted by Gasteiger charge is 2.33. The predicted molar refractivity (Wildman–Crippen MR) is 74.3 cm³/mol. The highest BCUT2D eigenvalue weighted by Crippen LogP contribution is 2.26. The number of carbonyl (C=O) groups is 1. The van der Waals surface area contributed by atoms with Gasteiger partial charge in [0.2, 0.25) is 5.91 Å². The molecule has 4 nitrogen and oxygen atoms in total. The van der Waals surface area contributed by atoms with Crippen LogP contribution in [-0.4, -0.2) is 34.6 Å². The number of hydrogen-bond acceptors (Lipinski definition) is 3. The third-order valence-corrected chi connectivity index (χ3v) is 3.72. The largest absolute Gasteiger partial charge is 0.389 e. The van der Waals surface area contributed by atoms with E-state index in [0.717, 1.165) is 25.9 Å². The lowest BCUT2D eigenvalue weighted by Crippen LogP contribution is -2.48. The maximum atomic E-state index is 10.9. The number of β-amino-alcohol motifs (C(OH)–C–C–N with tert-alkyl or cyclic N) is 1. The summed E-state index contributed by atoms with van der Waals surface area (Å²) in [5, 5.41) is 10.5. The van der Waals surface area contributed by atoms with Crippen LogP contribution in [0.4, 0.5) is 0 Å². The van der Waals surface area contributed by atoms with Crippen molar-refractivity contribution in [1.29, 1.82) is 0 Å². The molecule has 0 saturated carbocycles. The molecule has 19 heavy (non-hydrogen) atoms.